The Balaban J connectivity index is -0.0000000150. The molecule has 7 heavy (non-hydrogen) atoms. The monoisotopic (exact) mass is 175 g/mol. The van der Waals surface area contributed by atoms with Gasteiger partial charge in [-0.2, -0.15) is 10.5 Å². The molecule has 0 fully saturated rings. The van der Waals surface area contributed by atoms with E-state index in [0.29, 0.717) is 0 Å². The van der Waals surface area contributed by atoms with Gasteiger partial charge in [-0.25, -0.2) is 0 Å². The number of nitrogens with zero attached hydrogens (tertiary/aromatic N) is 2. The summed E-state index contributed by atoms with van der Waals surface area (Å²) >= 11 is 0. The molecule has 0 aliphatic rings. The van der Waals surface area contributed by atoms with Gasteiger partial charge < -0.3 is 6.15 Å². The van der Waals surface area contributed by atoms with Crippen LogP contribution >= 0.6 is 0 Å². The molecular weight excluding hydrogens is 172 g/mol. The van der Waals surface area contributed by atoms with E-state index in [9.17, 15) is 0 Å². The largest absolute Gasteiger partial charge is 0 e. The summed E-state index contributed by atoms with van der Waals surface area (Å²) in [5.41, 5.74) is 0. The van der Waals surface area contributed by atoms with Crippen LogP contribution in [-0.2, 0) is 19.5 Å². The van der Waals surface area contributed by atoms with E-state index in [2.05, 4.69) is 0 Å². The molecule has 0 heterocycles. The zero-order valence-electron chi connectivity index (χ0n) is 3.31. The summed E-state index contributed by atoms with van der Waals surface area (Å²) < 4.78 is 0. The van der Waals surface area contributed by atoms with Crippen LogP contribution in [0.3, 0.4) is 0 Å². The minimum Gasteiger partial charge on any atom is 0 e. The average molecular weight is 177 g/mol. The van der Waals surface area contributed by atoms with E-state index in [0.717, 1.165) is 0 Å². The molecule has 0 saturated carbocycles. The fourth-order valence-corrected chi connectivity index (χ4v) is 0. The average Bonchev–Trinajstić information content (AvgIpc) is 1.37. The minimum atomic E-state index is 0. The van der Waals surface area contributed by atoms with Crippen molar-refractivity contribution in [3.8, 4) is 12.1 Å². The maximum atomic E-state index is 7.26. The Kier molecular flexibility index (Phi) is 103. The number of hydrogen-bond donors (Lipinski definition) is 1. The molecule has 0 unspecified atom stereocenters. The van der Waals surface area contributed by atoms with Crippen LogP contribution < -0.4 is 6.15 Å². The molecule has 5 heteroatoms. The van der Waals surface area contributed by atoms with Crippen LogP contribution in [0.4, 0.5) is 0 Å². The molecule has 0 rings (SSSR count). The van der Waals surface area contributed by atoms with Gasteiger partial charge in [0.15, 0.2) is 12.1 Å². The molecule has 3 nitrogen and oxygen atoms in total. The van der Waals surface area contributed by atoms with Gasteiger partial charge in [-0.15, -0.1) is 0 Å². The standard InChI is InChI=1S/C2N2.Ca.H3N.Zn.2H/c3-1-2-4;;;;;/h;;1H3;;;. The van der Waals surface area contributed by atoms with Gasteiger partial charge in [-0.05, 0) is 0 Å². The van der Waals surface area contributed by atoms with Crippen LogP contribution in [0.2, 0.25) is 0 Å². The second-order valence-electron chi connectivity index (χ2n) is 0.224. The first-order chi connectivity index (χ1) is 1.91. The SMILES string of the molecule is N.N#CC#N.[CaH2].[Zn]. The zero-order valence-corrected chi connectivity index (χ0v) is 6.28. The molecule has 0 aliphatic heterocycles. The maximum absolute atomic E-state index is 7.26. The van der Waals surface area contributed by atoms with Crippen LogP contribution in [0.5, 0.6) is 0 Å². The Hall–Kier alpha value is 0.823. The maximum Gasteiger partial charge on any atom is 0 e. The van der Waals surface area contributed by atoms with E-state index >= 15 is 0 Å². The predicted molar refractivity (Wildman–Crippen MR) is 24.8 cm³/mol. The summed E-state index contributed by atoms with van der Waals surface area (Å²) in [6, 6.07) is 2.47. The first-order valence-corrected chi connectivity index (χ1v) is 0.697. The van der Waals surface area contributed by atoms with Crippen molar-refractivity contribution in [3.05, 3.63) is 0 Å². The van der Waals surface area contributed by atoms with E-state index < -0.39 is 0 Å². The number of nitriles is 2. The van der Waals surface area contributed by atoms with Gasteiger partial charge in [0, 0.05) is 19.5 Å². The van der Waals surface area contributed by atoms with Gasteiger partial charge in [-0.3, -0.25) is 0 Å². The van der Waals surface area contributed by atoms with Crippen LogP contribution in [-0.4, -0.2) is 37.7 Å². The van der Waals surface area contributed by atoms with Crippen molar-refractivity contribution in [2.45, 2.75) is 0 Å². The zero-order chi connectivity index (χ0) is 3.41. The predicted octanol–water partition coefficient (Wildman–Crippen LogP) is -0.723. The molecule has 0 spiro atoms. The van der Waals surface area contributed by atoms with Crippen LogP contribution in [0.25, 0.3) is 0 Å². The molecule has 0 amide bonds. The van der Waals surface area contributed by atoms with E-state index in [1.807, 2.05) is 0 Å². The van der Waals surface area contributed by atoms with Crippen molar-refractivity contribution in [2.75, 3.05) is 0 Å². The Morgan fingerprint density at radius 3 is 1.14 bits per heavy atom. The van der Waals surface area contributed by atoms with Crippen molar-refractivity contribution >= 4 is 37.7 Å². The second kappa shape index (κ2) is 29.0. The normalized spacial score (nSPS) is 1.43. The van der Waals surface area contributed by atoms with Crippen molar-refractivity contribution in [3.63, 3.8) is 0 Å². The van der Waals surface area contributed by atoms with Crippen LogP contribution in [0.1, 0.15) is 0 Å². The van der Waals surface area contributed by atoms with E-state index in [-0.39, 0.29) is 63.4 Å². The summed E-state index contributed by atoms with van der Waals surface area (Å²) in [7, 11) is 0. The molecular formula is C2H5CaN3Zn. The number of rotatable bonds is 0. The van der Waals surface area contributed by atoms with E-state index in [4.69, 9.17) is 10.5 Å². The molecule has 0 aliphatic carbocycles. The van der Waals surface area contributed by atoms with Crippen LogP contribution in [0, 0.1) is 22.7 Å². The Morgan fingerprint density at radius 1 is 1.00 bits per heavy atom. The molecule has 0 saturated heterocycles. The molecule has 0 atom stereocenters. The molecule has 0 radical (unpaired) electrons. The van der Waals surface area contributed by atoms with Gasteiger partial charge in [0.2, 0.25) is 0 Å². The topological polar surface area (TPSA) is 82.6 Å². The summed E-state index contributed by atoms with van der Waals surface area (Å²) in [6.45, 7) is 0. The Labute approximate surface area is 85.0 Å². The molecule has 0 aromatic carbocycles. The van der Waals surface area contributed by atoms with Crippen molar-refractivity contribution < 1.29 is 19.5 Å². The van der Waals surface area contributed by atoms with Crippen LogP contribution in [0.15, 0.2) is 0 Å². The van der Waals surface area contributed by atoms with E-state index in [1.165, 1.54) is 12.1 Å². The molecule has 0 bridgehead atoms. The van der Waals surface area contributed by atoms with Gasteiger partial charge in [0.05, 0.1) is 0 Å². The fourth-order valence-electron chi connectivity index (χ4n) is 0. The van der Waals surface area contributed by atoms with Crippen molar-refractivity contribution in [1.29, 1.82) is 10.5 Å². The van der Waals surface area contributed by atoms with Gasteiger partial charge in [0.1, 0.15) is 0 Å². The van der Waals surface area contributed by atoms with Gasteiger partial charge in [0.25, 0.3) is 0 Å². The summed E-state index contributed by atoms with van der Waals surface area (Å²) in [6.07, 6.45) is 0. The van der Waals surface area contributed by atoms with E-state index in [1.54, 1.807) is 0 Å². The third kappa shape index (κ3) is 47.8. The molecule has 0 aromatic heterocycles. The summed E-state index contributed by atoms with van der Waals surface area (Å²) in [4.78, 5) is 0. The summed E-state index contributed by atoms with van der Waals surface area (Å²) in [5, 5.41) is 14.5. The Bertz CT molecular complexity index is 67.9. The quantitative estimate of drug-likeness (QED) is 0.495. The first-order valence-electron chi connectivity index (χ1n) is 0.697. The molecule has 32 valence electrons. The molecule has 0 aromatic rings. The third-order valence-corrected chi connectivity index (χ3v) is 0.0500. The van der Waals surface area contributed by atoms with Gasteiger partial charge in [-0.1, -0.05) is 0 Å². The number of hydrogen-bond acceptors (Lipinski definition) is 3. The summed E-state index contributed by atoms with van der Waals surface area (Å²) in [5.74, 6) is 0. The fraction of sp³-hybridized carbons (Fsp3) is 0. The molecule has 3 N–H and O–H groups in total. The van der Waals surface area contributed by atoms with Gasteiger partial charge >= 0.3 is 37.7 Å². The third-order valence-electron chi connectivity index (χ3n) is 0.0500. The van der Waals surface area contributed by atoms with Crippen molar-refractivity contribution in [2.24, 2.45) is 0 Å². The van der Waals surface area contributed by atoms with Crippen molar-refractivity contribution in [1.82, 2.24) is 6.15 Å². The smallest absolute Gasteiger partial charge is 0 e. The Morgan fingerprint density at radius 2 is 1.14 bits per heavy atom. The minimum absolute atomic E-state index is 0. The second-order valence-corrected chi connectivity index (χ2v) is 0.224. The first kappa shape index (κ1) is 24.9.